The average Bonchev–Trinajstić information content (AvgIpc) is 2.61. The zero-order valence-corrected chi connectivity index (χ0v) is 19.3. The summed E-state index contributed by atoms with van der Waals surface area (Å²) in [5, 5.41) is 6.72. The first-order valence-electron chi connectivity index (χ1n) is 8.80. The molecular weight excluding hydrogens is 445 g/mol. The molecule has 0 aliphatic heterocycles. The molecule has 0 bridgehead atoms. The monoisotopic (exact) mass is 479 g/mol. The van der Waals surface area contributed by atoms with E-state index in [0.29, 0.717) is 30.7 Å². The van der Waals surface area contributed by atoms with Gasteiger partial charge in [-0.15, -0.1) is 24.0 Å². The molecule has 0 aliphatic carbocycles. The molecule has 0 radical (unpaired) electrons. The third-order valence-electron chi connectivity index (χ3n) is 4.16. The molecule has 1 atom stereocenters. The molecule has 1 rings (SSSR count). The van der Waals surface area contributed by atoms with Gasteiger partial charge >= 0.3 is 0 Å². The van der Waals surface area contributed by atoms with Crippen molar-refractivity contribution < 1.29 is 14.2 Å². The van der Waals surface area contributed by atoms with Crippen LogP contribution in [0.5, 0.6) is 17.2 Å². The van der Waals surface area contributed by atoms with Gasteiger partial charge in [-0.05, 0) is 26.2 Å². The lowest BCUT2D eigenvalue weighted by Crippen LogP contribution is -2.44. The minimum atomic E-state index is 0. The van der Waals surface area contributed by atoms with Crippen LogP contribution in [0.3, 0.4) is 0 Å². The Labute approximate surface area is 175 Å². The largest absolute Gasteiger partial charge is 0.496 e. The Balaban J connectivity index is 0.00000625. The normalized spacial score (nSPS) is 12.2. The Morgan fingerprint density at radius 1 is 1.04 bits per heavy atom. The van der Waals surface area contributed by atoms with Crippen molar-refractivity contribution in [3.8, 4) is 17.2 Å². The topological polar surface area (TPSA) is 64.1 Å². The molecule has 2 N–H and O–H groups in total. The number of nitrogens with zero attached hydrogens (tertiary/aromatic N) is 1. The number of hydrogen-bond donors (Lipinski definition) is 2. The van der Waals surface area contributed by atoms with Crippen molar-refractivity contribution in [1.29, 1.82) is 0 Å². The van der Waals surface area contributed by atoms with Crippen LogP contribution in [0.25, 0.3) is 0 Å². The quantitative estimate of drug-likeness (QED) is 0.323. The van der Waals surface area contributed by atoms with E-state index in [2.05, 4.69) is 43.3 Å². The highest BCUT2D eigenvalue weighted by Gasteiger charge is 2.13. The fourth-order valence-electron chi connectivity index (χ4n) is 2.31. The summed E-state index contributed by atoms with van der Waals surface area (Å²) in [5.74, 6) is 3.57. The fourth-order valence-corrected chi connectivity index (χ4v) is 2.31. The Kier molecular flexibility index (Phi) is 12.2. The molecule has 0 heterocycles. The molecule has 150 valence electrons. The van der Waals surface area contributed by atoms with Crippen LogP contribution in [0.4, 0.5) is 0 Å². The number of aliphatic imine (C=N–C) groups is 1. The molecule has 0 amide bonds. The molecule has 1 unspecified atom stereocenters. The van der Waals surface area contributed by atoms with E-state index in [1.54, 1.807) is 21.3 Å². The number of ether oxygens (including phenoxy) is 3. The van der Waals surface area contributed by atoms with Gasteiger partial charge in [-0.3, -0.25) is 4.99 Å². The van der Waals surface area contributed by atoms with Crippen molar-refractivity contribution in [2.75, 3.05) is 34.4 Å². The van der Waals surface area contributed by atoms with Crippen molar-refractivity contribution in [2.45, 2.75) is 40.2 Å². The molecule has 0 saturated carbocycles. The average molecular weight is 479 g/mol. The Bertz CT molecular complexity index is 540. The summed E-state index contributed by atoms with van der Waals surface area (Å²) in [7, 11) is 4.93. The maximum atomic E-state index is 5.49. The van der Waals surface area contributed by atoms with E-state index < -0.39 is 0 Å². The predicted octanol–water partition coefficient (Wildman–Crippen LogP) is 3.47. The van der Waals surface area contributed by atoms with E-state index >= 15 is 0 Å². The lowest BCUT2D eigenvalue weighted by atomic mass is 10.1. The Morgan fingerprint density at radius 2 is 1.62 bits per heavy atom. The number of guanidine groups is 1. The van der Waals surface area contributed by atoms with Crippen LogP contribution in [0, 0.1) is 5.92 Å². The fraction of sp³-hybridized carbons (Fsp3) is 0.632. The summed E-state index contributed by atoms with van der Waals surface area (Å²) in [6.07, 6.45) is 0.711. The van der Waals surface area contributed by atoms with Gasteiger partial charge in [0.15, 0.2) is 5.96 Å². The minimum Gasteiger partial charge on any atom is -0.496 e. The maximum Gasteiger partial charge on any atom is 0.191 e. The number of halogens is 1. The van der Waals surface area contributed by atoms with E-state index in [1.807, 2.05) is 12.1 Å². The first kappa shape index (κ1) is 24.6. The van der Waals surface area contributed by atoms with Crippen LogP contribution in [-0.2, 0) is 6.42 Å². The van der Waals surface area contributed by atoms with Crippen LogP contribution >= 0.6 is 24.0 Å². The van der Waals surface area contributed by atoms with Gasteiger partial charge in [0.25, 0.3) is 0 Å². The van der Waals surface area contributed by atoms with E-state index in [9.17, 15) is 0 Å². The third-order valence-corrected chi connectivity index (χ3v) is 4.16. The lowest BCUT2D eigenvalue weighted by Gasteiger charge is -2.21. The molecular formula is C19H34IN3O3. The third kappa shape index (κ3) is 7.47. The highest BCUT2D eigenvalue weighted by Crippen LogP contribution is 2.34. The van der Waals surface area contributed by atoms with Crippen molar-refractivity contribution in [2.24, 2.45) is 10.9 Å². The van der Waals surface area contributed by atoms with Crippen LogP contribution in [0.15, 0.2) is 17.1 Å². The van der Waals surface area contributed by atoms with Crippen molar-refractivity contribution >= 4 is 29.9 Å². The molecule has 7 heteroatoms. The summed E-state index contributed by atoms with van der Waals surface area (Å²) in [4.78, 5) is 4.68. The SMILES string of the molecule is CCNC(=NCCc1c(OC)cc(OC)cc1OC)NC(C)C(C)C.I. The van der Waals surface area contributed by atoms with Gasteiger partial charge in [0.2, 0.25) is 0 Å². The van der Waals surface area contributed by atoms with E-state index in [4.69, 9.17) is 14.2 Å². The summed E-state index contributed by atoms with van der Waals surface area (Å²) < 4.78 is 16.3. The number of nitrogens with one attached hydrogen (secondary N) is 2. The molecule has 1 aromatic carbocycles. The van der Waals surface area contributed by atoms with Gasteiger partial charge in [0, 0.05) is 36.8 Å². The second kappa shape index (κ2) is 12.9. The van der Waals surface area contributed by atoms with Gasteiger partial charge in [-0.25, -0.2) is 0 Å². The van der Waals surface area contributed by atoms with Gasteiger partial charge in [0.1, 0.15) is 17.2 Å². The number of methoxy groups -OCH3 is 3. The smallest absolute Gasteiger partial charge is 0.191 e. The Hall–Kier alpha value is -1.38. The highest BCUT2D eigenvalue weighted by molar-refractivity contribution is 14.0. The van der Waals surface area contributed by atoms with Crippen LogP contribution in [0.1, 0.15) is 33.3 Å². The first-order chi connectivity index (χ1) is 12.0. The molecule has 26 heavy (non-hydrogen) atoms. The molecule has 1 aromatic rings. The lowest BCUT2D eigenvalue weighted by molar-refractivity contribution is 0.369. The Morgan fingerprint density at radius 3 is 2.04 bits per heavy atom. The van der Waals surface area contributed by atoms with Gasteiger partial charge in [-0.1, -0.05) is 13.8 Å². The van der Waals surface area contributed by atoms with Gasteiger partial charge < -0.3 is 24.8 Å². The second-order valence-corrected chi connectivity index (χ2v) is 6.20. The first-order valence-corrected chi connectivity index (χ1v) is 8.80. The van der Waals surface area contributed by atoms with Crippen LogP contribution in [-0.4, -0.2) is 46.4 Å². The maximum absolute atomic E-state index is 5.49. The summed E-state index contributed by atoms with van der Waals surface area (Å²) >= 11 is 0. The second-order valence-electron chi connectivity index (χ2n) is 6.20. The van der Waals surface area contributed by atoms with Gasteiger partial charge in [0.05, 0.1) is 21.3 Å². The van der Waals surface area contributed by atoms with Crippen LogP contribution < -0.4 is 24.8 Å². The minimum absolute atomic E-state index is 0. The van der Waals surface area contributed by atoms with Crippen molar-refractivity contribution in [3.63, 3.8) is 0 Å². The predicted molar refractivity (Wildman–Crippen MR) is 119 cm³/mol. The van der Waals surface area contributed by atoms with Crippen LogP contribution in [0.2, 0.25) is 0 Å². The molecule has 0 saturated heterocycles. The zero-order valence-electron chi connectivity index (χ0n) is 17.0. The summed E-state index contributed by atoms with van der Waals surface area (Å²) in [6.45, 7) is 10.0. The van der Waals surface area contributed by atoms with Crippen molar-refractivity contribution in [3.05, 3.63) is 17.7 Å². The van der Waals surface area contributed by atoms with Gasteiger partial charge in [-0.2, -0.15) is 0 Å². The zero-order chi connectivity index (χ0) is 18.8. The molecule has 0 fully saturated rings. The molecule has 0 aromatic heterocycles. The number of rotatable bonds is 9. The standard InChI is InChI=1S/C19H33N3O3.HI/c1-8-20-19(22-14(4)13(2)3)21-10-9-16-17(24-6)11-15(23-5)12-18(16)25-7;/h11-14H,8-10H2,1-7H3,(H2,20,21,22);1H. The number of hydrogen-bond acceptors (Lipinski definition) is 4. The number of benzene rings is 1. The molecule has 6 nitrogen and oxygen atoms in total. The summed E-state index contributed by atoms with van der Waals surface area (Å²) in [5.41, 5.74) is 0.988. The van der Waals surface area contributed by atoms with Crippen molar-refractivity contribution in [1.82, 2.24) is 10.6 Å². The van der Waals surface area contributed by atoms with E-state index in [-0.39, 0.29) is 24.0 Å². The highest BCUT2D eigenvalue weighted by atomic mass is 127. The molecule has 0 spiro atoms. The summed E-state index contributed by atoms with van der Waals surface area (Å²) in [6, 6.07) is 4.08. The molecule has 0 aliphatic rings. The van der Waals surface area contributed by atoms with E-state index in [0.717, 1.165) is 29.6 Å². The van der Waals surface area contributed by atoms with E-state index in [1.165, 1.54) is 0 Å².